The highest BCUT2D eigenvalue weighted by Crippen LogP contribution is 2.29. The minimum atomic E-state index is 0.203. The van der Waals surface area contributed by atoms with Crippen molar-refractivity contribution in [3.8, 4) is 0 Å². The molecule has 1 aliphatic carbocycles. The summed E-state index contributed by atoms with van der Waals surface area (Å²) in [5.74, 6) is 0. The van der Waals surface area contributed by atoms with E-state index in [1.54, 1.807) is 0 Å². The average Bonchev–Trinajstić information content (AvgIpc) is 2.71. The average molecular weight is 219 g/mol. The number of aliphatic hydroxyl groups is 1. The molecule has 0 saturated carbocycles. The van der Waals surface area contributed by atoms with E-state index in [1.165, 1.54) is 17.2 Å². The first-order valence-electron chi connectivity index (χ1n) is 5.26. The zero-order valence-electron chi connectivity index (χ0n) is 9.39. The third kappa shape index (κ3) is 2.78. The molecule has 1 atom stereocenters. The van der Waals surface area contributed by atoms with Crippen LogP contribution in [0.5, 0.6) is 0 Å². The molecule has 16 heavy (non-hydrogen) atoms. The Hall–Kier alpha value is -1.45. The van der Waals surface area contributed by atoms with Gasteiger partial charge in [0, 0.05) is 13.2 Å². The lowest BCUT2D eigenvalue weighted by atomic mass is 10.0. The van der Waals surface area contributed by atoms with E-state index in [2.05, 4.69) is 12.1 Å². The van der Waals surface area contributed by atoms with Gasteiger partial charge in [0.15, 0.2) is 0 Å². The highest BCUT2D eigenvalue weighted by Gasteiger charge is 2.18. The molecule has 1 aromatic carbocycles. The Morgan fingerprint density at radius 1 is 1.44 bits per heavy atom. The Morgan fingerprint density at radius 2 is 2.19 bits per heavy atom. The molecule has 1 aliphatic rings. The Morgan fingerprint density at radius 3 is 2.88 bits per heavy atom. The summed E-state index contributed by atoms with van der Waals surface area (Å²) in [6, 6.07) is 6.39. The van der Waals surface area contributed by atoms with Crippen LogP contribution in [0.2, 0.25) is 0 Å². The van der Waals surface area contributed by atoms with E-state index < -0.39 is 0 Å². The molecule has 3 N–H and O–H groups in total. The lowest BCUT2D eigenvalue weighted by molar-refractivity contribution is -0.104. The van der Waals surface area contributed by atoms with Crippen LogP contribution in [-0.4, -0.2) is 18.5 Å². The van der Waals surface area contributed by atoms with Crippen molar-refractivity contribution in [2.75, 3.05) is 7.11 Å². The standard InChI is InChI=1S/C12H13NO.CH4O/c13-12-6-4-10-8-9(2-1-7-14)3-5-11(10)12;1-2/h1-3,5,7-8,12H,4,6,13H2;2H,1H3/b2-1+;. The van der Waals surface area contributed by atoms with Gasteiger partial charge in [-0.05, 0) is 35.6 Å². The van der Waals surface area contributed by atoms with Crippen LogP contribution in [0.4, 0.5) is 0 Å². The number of carbonyl (C=O) groups is 1. The Kier molecular flexibility index (Phi) is 4.89. The SMILES string of the molecule is CO.NC1CCc2cc(/C=C/C=O)ccc21. The van der Waals surface area contributed by atoms with Crippen molar-refractivity contribution >= 4 is 12.4 Å². The fourth-order valence-corrected chi connectivity index (χ4v) is 1.92. The van der Waals surface area contributed by atoms with Gasteiger partial charge in [-0.25, -0.2) is 0 Å². The number of hydrogen-bond acceptors (Lipinski definition) is 3. The summed E-state index contributed by atoms with van der Waals surface area (Å²) in [5, 5.41) is 7.00. The highest BCUT2D eigenvalue weighted by atomic mass is 16.2. The molecular weight excluding hydrogens is 202 g/mol. The first-order chi connectivity index (χ1) is 7.81. The Labute approximate surface area is 95.6 Å². The first kappa shape index (κ1) is 12.6. The number of aliphatic hydroxyl groups excluding tert-OH is 1. The van der Waals surface area contributed by atoms with Gasteiger partial charge < -0.3 is 10.8 Å². The summed E-state index contributed by atoms with van der Waals surface area (Å²) < 4.78 is 0. The second-order valence-corrected chi connectivity index (χ2v) is 3.60. The molecule has 0 amide bonds. The van der Waals surface area contributed by atoms with Crippen LogP contribution in [0.15, 0.2) is 24.3 Å². The molecule has 3 heteroatoms. The maximum Gasteiger partial charge on any atom is 0.142 e. The van der Waals surface area contributed by atoms with E-state index >= 15 is 0 Å². The van der Waals surface area contributed by atoms with Crippen molar-refractivity contribution in [1.29, 1.82) is 0 Å². The van der Waals surface area contributed by atoms with Crippen LogP contribution in [0.3, 0.4) is 0 Å². The summed E-state index contributed by atoms with van der Waals surface area (Å²) in [5.41, 5.74) is 9.58. The van der Waals surface area contributed by atoms with Crippen molar-refractivity contribution < 1.29 is 9.90 Å². The van der Waals surface area contributed by atoms with Gasteiger partial charge in [0.1, 0.15) is 6.29 Å². The predicted octanol–water partition coefficient (Wildman–Crippen LogP) is 1.45. The van der Waals surface area contributed by atoms with Crippen LogP contribution in [0.1, 0.15) is 29.2 Å². The molecule has 1 aromatic rings. The van der Waals surface area contributed by atoms with Crippen molar-refractivity contribution in [2.45, 2.75) is 18.9 Å². The van der Waals surface area contributed by atoms with Crippen LogP contribution >= 0.6 is 0 Å². The fourth-order valence-electron chi connectivity index (χ4n) is 1.92. The number of nitrogens with two attached hydrogens (primary N) is 1. The smallest absolute Gasteiger partial charge is 0.142 e. The van der Waals surface area contributed by atoms with E-state index in [0.29, 0.717) is 0 Å². The van der Waals surface area contributed by atoms with Crippen LogP contribution < -0.4 is 5.73 Å². The molecule has 0 heterocycles. The summed E-state index contributed by atoms with van der Waals surface area (Å²) in [6.07, 6.45) is 6.21. The number of rotatable bonds is 2. The van der Waals surface area contributed by atoms with Gasteiger partial charge in [-0.1, -0.05) is 24.3 Å². The Bertz CT molecular complexity index is 386. The summed E-state index contributed by atoms with van der Waals surface area (Å²) >= 11 is 0. The molecule has 0 aromatic heterocycles. The third-order valence-corrected chi connectivity index (χ3v) is 2.66. The number of benzene rings is 1. The molecule has 0 bridgehead atoms. The topological polar surface area (TPSA) is 63.3 Å². The van der Waals surface area contributed by atoms with E-state index in [0.717, 1.165) is 31.8 Å². The monoisotopic (exact) mass is 219 g/mol. The molecule has 0 radical (unpaired) electrons. The number of carbonyl (C=O) groups excluding carboxylic acids is 1. The quantitative estimate of drug-likeness (QED) is 0.584. The third-order valence-electron chi connectivity index (χ3n) is 2.66. The zero-order valence-corrected chi connectivity index (χ0v) is 9.39. The van der Waals surface area contributed by atoms with Crippen molar-refractivity contribution in [2.24, 2.45) is 5.73 Å². The van der Waals surface area contributed by atoms with Gasteiger partial charge in [-0.2, -0.15) is 0 Å². The normalized spacial score (nSPS) is 17.8. The highest BCUT2D eigenvalue weighted by molar-refractivity contribution is 5.74. The summed E-state index contributed by atoms with van der Waals surface area (Å²) in [6.45, 7) is 0. The molecule has 3 nitrogen and oxygen atoms in total. The number of aryl methyl sites for hydroxylation is 1. The molecule has 0 aliphatic heterocycles. The number of allylic oxidation sites excluding steroid dienone is 1. The molecule has 0 spiro atoms. The second kappa shape index (κ2) is 6.20. The number of fused-ring (bicyclic) bond motifs is 1. The zero-order chi connectivity index (χ0) is 12.0. The number of aldehydes is 1. The molecule has 0 fully saturated rings. The van der Waals surface area contributed by atoms with E-state index in [-0.39, 0.29) is 6.04 Å². The fraction of sp³-hybridized carbons (Fsp3) is 0.308. The van der Waals surface area contributed by atoms with Crippen molar-refractivity contribution in [1.82, 2.24) is 0 Å². The molecular formula is C13H17NO2. The molecule has 1 unspecified atom stereocenters. The van der Waals surface area contributed by atoms with Crippen LogP contribution in [0.25, 0.3) is 6.08 Å². The maximum absolute atomic E-state index is 10.2. The van der Waals surface area contributed by atoms with Gasteiger partial charge in [-0.3, -0.25) is 4.79 Å². The Balaban J connectivity index is 0.000000606. The van der Waals surface area contributed by atoms with Crippen molar-refractivity contribution in [3.63, 3.8) is 0 Å². The van der Waals surface area contributed by atoms with Gasteiger partial charge in [0.2, 0.25) is 0 Å². The molecule has 0 saturated heterocycles. The first-order valence-corrected chi connectivity index (χ1v) is 5.26. The summed E-state index contributed by atoms with van der Waals surface area (Å²) in [7, 11) is 1.00. The van der Waals surface area contributed by atoms with Crippen molar-refractivity contribution in [3.05, 3.63) is 41.0 Å². The largest absolute Gasteiger partial charge is 0.400 e. The maximum atomic E-state index is 10.2. The minimum Gasteiger partial charge on any atom is -0.400 e. The van der Waals surface area contributed by atoms with Gasteiger partial charge in [0.05, 0.1) is 0 Å². The van der Waals surface area contributed by atoms with Gasteiger partial charge in [0.25, 0.3) is 0 Å². The lowest BCUT2D eigenvalue weighted by Crippen LogP contribution is -2.04. The van der Waals surface area contributed by atoms with Gasteiger partial charge >= 0.3 is 0 Å². The van der Waals surface area contributed by atoms with Gasteiger partial charge in [-0.15, -0.1) is 0 Å². The van der Waals surface area contributed by atoms with Crippen LogP contribution in [-0.2, 0) is 11.2 Å². The second-order valence-electron chi connectivity index (χ2n) is 3.60. The van der Waals surface area contributed by atoms with E-state index in [9.17, 15) is 4.79 Å². The minimum absolute atomic E-state index is 0.203. The number of hydrogen-bond donors (Lipinski definition) is 2. The van der Waals surface area contributed by atoms with Crippen LogP contribution in [0, 0.1) is 0 Å². The molecule has 86 valence electrons. The van der Waals surface area contributed by atoms with E-state index in [1.807, 2.05) is 12.1 Å². The summed E-state index contributed by atoms with van der Waals surface area (Å²) in [4.78, 5) is 10.2. The van der Waals surface area contributed by atoms with E-state index in [4.69, 9.17) is 10.8 Å². The predicted molar refractivity (Wildman–Crippen MR) is 64.9 cm³/mol. The molecule has 2 rings (SSSR count). The lowest BCUT2D eigenvalue weighted by Gasteiger charge is -2.04.